The normalized spacial score (nSPS) is 10.2. The third kappa shape index (κ3) is 1.28. The molecule has 2 aromatic heterocycles. The summed E-state index contributed by atoms with van der Waals surface area (Å²) in [5, 5.41) is 18.8. The van der Waals surface area contributed by atoms with E-state index in [9.17, 15) is 4.79 Å². The van der Waals surface area contributed by atoms with Crippen LogP contribution >= 0.6 is 0 Å². The van der Waals surface area contributed by atoms with Gasteiger partial charge in [-0.25, -0.2) is 9.48 Å². The van der Waals surface area contributed by atoms with E-state index in [-0.39, 0.29) is 5.56 Å². The lowest BCUT2D eigenvalue weighted by Gasteiger charge is -1.91. The molecule has 0 radical (unpaired) electrons. The summed E-state index contributed by atoms with van der Waals surface area (Å²) in [4.78, 5) is 10.5. The molecule has 13 heavy (non-hydrogen) atoms. The number of aromatic carboxylic acids is 1. The molecule has 2 N–H and O–H groups in total. The fraction of sp³-hybridized carbons (Fsp3) is 0. The predicted octanol–water partition coefficient (Wildman–Crippen LogP) is 0.294. The number of hydrogen-bond donors (Lipinski definition) is 2. The molecule has 6 nitrogen and oxygen atoms in total. The highest BCUT2D eigenvalue weighted by atomic mass is 16.4. The van der Waals surface area contributed by atoms with Crippen molar-refractivity contribution in [3.8, 4) is 5.69 Å². The third-order valence-electron chi connectivity index (χ3n) is 1.58. The Bertz CT molecular complexity index is 417. The van der Waals surface area contributed by atoms with Gasteiger partial charge in [0.1, 0.15) is 5.69 Å². The van der Waals surface area contributed by atoms with E-state index in [1.54, 1.807) is 12.4 Å². The number of nitrogens with zero attached hydrogens (tertiary/aromatic N) is 3. The molecule has 0 aliphatic rings. The molecule has 2 aromatic rings. The molecule has 0 saturated heterocycles. The average Bonchev–Trinajstić information content (AvgIpc) is 2.75. The maximum atomic E-state index is 10.5. The van der Waals surface area contributed by atoms with Gasteiger partial charge in [-0.3, -0.25) is 5.10 Å². The first-order valence-electron chi connectivity index (χ1n) is 3.54. The standard InChI is InChI=1S/C7H6N4O2/c12-7(13)5-1-10-11(4-5)6-2-8-9-3-6/h1-4H,(H,8,9)(H,12,13). The molecule has 0 aliphatic heterocycles. The van der Waals surface area contributed by atoms with Gasteiger partial charge in [-0.1, -0.05) is 0 Å². The Morgan fingerprint density at radius 1 is 1.54 bits per heavy atom. The van der Waals surface area contributed by atoms with E-state index >= 15 is 0 Å². The summed E-state index contributed by atoms with van der Waals surface area (Å²) in [6, 6.07) is 0. The van der Waals surface area contributed by atoms with Gasteiger partial charge in [0.25, 0.3) is 0 Å². The number of aromatic amines is 1. The van der Waals surface area contributed by atoms with Crippen LogP contribution in [0.2, 0.25) is 0 Å². The zero-order chi connectivity index (χ0) is 9.26. The van der Waals surface area contributed by atoms with Gasteiger partial charge in [0.05, 0.1) is 18.0 Å². The number of H-pyrrole nitrogens is 1. The smallest absolute Gasteiger partial charge is 0.338 e. The monoisotopic (exact) mass is 178 g/mol. The molecular formula is C7H6N4O2. The third-order valence-corrected chi connectivity index (χ3v) is 1.58. The van der Waals surface area contributed by atoms with Crippen molar-refractivity contribution in [3.63, 3.8) is 0 Å². The van der Waals surface area contributed by atoms with E-state index in [0.717, 1.165) is 0 Å². The van der Waals surface area contributed by atoms with Crippen LogP contribution in [-0.4, -0.2) is 31.1 Å². The fourth-order valence-electron chi connectivity index (χ4n) is 0.944. The molecular weight excluding hydrogens is 172 g/mol. The van der Waals surface area contributed by atoms with Crippen LogP contribution in [0.3, 0.4) is 0 Å². The second-order valence-corrected chi connectivity index (χ2v) is 2.44. The van der Waals surface area contributed by atoms with Crippen molar-refractivity contribution in [1.29, 1.82) is 0 Å². The quantitative estimate of drug-likeness (QED) is 0.692. The molecule has 0 atom stereocenters. The molecule has 6 heteroatoms. The Labute approximate surface area is 72.8 Å². The Hall–Kier alpha value is -2.11. The highest BCUT2D eigenvalue weighted by molar-refractivity contribution is 5.86. The summed E-state index contributed by atoms with van der Waals surface area (Å²) in [7, 11) is 0. The van der Waals surface area contributed by atoms with Gasteiger partial charge < -0.3 is 5.11 Å². The Morgan fingerprint density at radius 2 is 2.38 bits per heavy atom. The molecule has 0 aromatic carbocycles. The topological polar surface area (TPSA) is 83.8 Å². The van der Waals surface area contributed by atoms with Gasteiger partial charge in [-0.2, -0.15) is 10.2 Å². The number of carbonyl (C=O) groups is 1. The van der Waals surface area contributed by atoms with Crippen molar-refractivity contribution < 1.29 is 9.90 Å². The zero-order valence-corrected chi connectivity index (χ0v) is 6.51. The first-order valence-corrected chi connectivity index (χ1v) is 3.54. The van der Waals surface area contributed by atoms with E-state index in [1.807, 2.05) is 0 Å². The predicted molar refractivity (Wildman–Crippen MR) is 42.7 cm³/mol. The second-order valence-electron chi connectivity index (χ2n) is 2.44. The number of rotatable bonds is 2. The first-order chi connectivity index (χ1) is 6.27. The second kappa shape index (κ2) is 2.74. The molecule has 0 spiro atoms. The maximum Gasteiger partial charge on any atom is 0.338 e. The highest BCUT2D eigenvalue weighted by Gasteiger charge is 2.06. The number of nitrogens with one attached hydrogen (secondary N) is 1. The van der Waals surface area contributed by atoms with Crippen molar-refractivity contribution in [2.24, 2.45) is 0 Å². The van der Waals surface area contributed by atoms with Crippen LogP contribution in [0.15, 0.2) is 24.8 Å². The van der Waals surface area contributed by atoms with Crippen LogP contribution in [-0.2, 0) is 0 Å². The molecule has 0 unspecified atom stereocenters. The van der Waals surface area contributed by atoms with E-state index < -0.39 is 5.97 Å². The van der Waals surface area contributed by atoms with Crippen LogP contribution in [0.25, 0.3) is 5.69 Å². The van der Waals surface area contributed by atoms with Crippen molar-refractivity contribution >= 4 is 5.97 Å². The number of carboxylic acids is 1. The van der Waals surface area contributed by atoms with Crippen molar-refractivity contribution in [2.75, 3.05) is 0 Å². The lowest BCUT2D eigenvalue weighted by molar-refractivity contribution is 0.0697. The summed E-state index contributed by atoms with van der Waals surface area (Å²) >= 11 is 0. The largest absolute Gasteiger partial charge is 0.478 e. The van der Waals surface area contributed by atoms with E-state index in [1.165, 1.54) is 17.1 Å². The summed E-state index contributed by atoms with van der Waals surface area (Å²) in [5.41, 5.74) is 0.855. The molecule has 0 bridgehead atoms. The number of carboxylic acid groups (broad SMARTS) is 1. The van der Waals surface area contributed by atoms with E-state index in [2.05, 4.69) is 15.3 Å². The Kier molecular flexibility index (Phi) is 1.59. The van der Waals surface area contributed by atoms with Gasteiger partial charge in [0, 0.05) is 12.4 Å². The molecule has 66 valence electrons. The number of aromatic nitrogens is 4. The lowest BCUT2D eigenvalue weighted by Crippen LogP contribution is -1.94. The molecule has 0 fully saturated rings. The van der Waals surface area contributed by atoms with Gasteiger partial charge >= 0.3 is 5.97 Å². The van der Waals surface area contributed by atoms with E-state index in [4.69, 9.17) is 5.11 Å². The molecule has 0 saturated carbocycles. The molecule has 0 aliphatic carbocycles. The van der Waals surface area contributed by atoms with Crippen LogP contribution < -0.4 is 0 Å². The SMILES string of the molecule is O=C(O)c1cnn(-c2cn[nH]c2)c1. The van der Waals surface area contributed by atoms with Crippen molar-refractivity contribution in [1.82, 2.24) is 20.0 Å². The summed E-state index contributed by atoms with van der Waals surface area (Å²) in [6.07, 6.45) is 5.89. The van der Waals surface area contributed by atoms with Crippen molar-refractivity contribution in [2.45, 2.75) is 0 Å². The average molecular weight is 178 g/mol. The summed E-state index contributed by atoms with van der Waals surface area (Å²) in [5.74, 6) is -0.991. The van der Waals surface area contributed by atoms with Crippen LogP contribution in [0.5, 0.6) is 0 Å². The van der Waals surface area contributed by atoms with Gasteiger partial charge in [0.15, 0.2) is 0 Å². The Balaban J connectivity index is 2.39. The highest BCUT2D eigenvalue weighted by Crippen LogP contribution is 2.04. The van der Waals surface area contributed by atoms with Gasteiger partial charge in [-0.05, 0) is 0 Å². The minimum Gasteiger partial charge on any atom is -0.478 e. The fourth-order valence-corrected chi connectivity index (χ4v) is 0.944. The molecule has 0 amide bonds. The molecule has 2 heterocycles. The first kappa shape index (κ1) is 7.53. The lowest BCUT2D eigenvalue weighted by atomic mass is 10.4. The molecule has 2 rings (SSSR count). The summed E-state index contributed by atoms with van der Waals surface area (Å²) in [6.45, 7) is 0. The minimum absolute atomic E-state index is 0.154. The van der Waals surface area contributed by atoms with Crippen LogP contribution in [0.4, 0.5) is 0 Å². The van der Waals surface area contributed by atoms with Crippen LogP contribution in [0, 0.1) is 0 Å². The minimum atomic E-state index is -0.991. The van der Waals surface area contributed by atoms with Crippen molar-refractivity contribution in [3.05, 3.63) is 30.4 Å². The number of hydrogen-bond acceptors (Lipinski definition) is 3. The maximum absolute atomic E-state index is 10.5. The Morgan fingerprint density at radius 3 is 2.92 bits per heavy atom. The van der Waals surface area contributed by atoms with Gasteiger partial charge in [-0.15, -0.1) is 0 Å². The van der Waals surface area contributed by atoms with Gasteiger partial charge in [0.2, 0.25) is 0 Å². The zero-order valence-electron chi connectivity index (χ0n) is 6.51. The van der Waals surface area contributed by atoms with Crippen LogP contribution in [0.1, 0.15) is 10.4 Å². The summed E-state index contributed by atoms with van der Waals surface area (Å²) < 4.78 is 1.44. The van der Waals surface area contributed by atoms with E-state index in [0.29, 0.717) is 5.69 Å².